The Labute approximate surface area is 140 Å². The van der Waals surface area contributed by atoms with Crippen molar-refractivity contribution in [2.75, 3.05) is 13.2 Å². The first kappa shape index (κ1) is 18.4. The minimum Gasteiger partial charge on any atom is -0.396 e. The van der Waals surface area contributed by atoms with E-state index in [1.54, 1.807) is 16.4 Å². The molecule has 2 atom stereocenters. The highest BCUT2D eigenvalue weighted by Gasteiger charge is 2.39. The molecule has 1 fully saturated rings. The van der Waals surface area contributed by atoms with Crippen molar-refractivity contribution >= 4 is 10.0 Å². The molecular formula is C18H29NO3S. The van der Waals surface area contributed by atoms with Crippen molar-refractivity contribution in [2.45, 2.75) is 63.3 Å². The minimum absolute atomic E-state index is 0.0234. The van der Waals surface area contributed by atoms with Crippen molar-refractivity contribution in [2.24, 2.45) is 5.92 Å². The Morgan fingerprint density at radius 3 is 2.48 bits per heavy atom. The van der Waals surface area contributed by atoms with Crippen molar-refractivity contribution in [1.82, 2.24) is 4.31 Å². The van der Waals surface area contributed by atoms with Crippen LogP contribution in [0, 0.1) is 12.8 Å². The molecule has 0 spiro atoms. The highest BCUT2D eigenvalue weighted by molar-refractivity contribution is 7.89. The van der Waals surface area contributed by atoms with Gasteiger partial charge in [0.25, 0.3) is 0 Å². The maximum Gasteiger partial charge on any atom is 0.243 e. The van der Waals surface area contributed by atoms with E-state index in [0.717, 1.165) is 31.2 Å². The first-order valence-corrected chi connectivity index (χ1v) is 10.1. The summed E-state index contributed by atoms with van der Waals surface area (Å²) in [5.74, 6) is 0.0615. The molecule has 0 aromatic heterocycles. The SMILES string of the molecule is CCCCCC[C@@H]1C[C@@H](CO)CN1S(=O)(=O)c1ccc(C)cc1. The van der Waals surface area contributed by atoms with E-state index in [0.29, 0.717) is 11.4 Å². The summed E-state index contributed by atoms with van der Waals surface area (Å²) in [4.78, 5) is 0.361. The first-order valence-electron chi connectivity index (χ1n) is 8.68. The van der Waals surface area contributed by atoms with E-state index in [1.165, 1.54) is 12.8 Å². The number of aryl methyl sites for hydroxylation is 1. The molecule has 1 aromatic carbocycles. The standard InChI is InChI=1S/C18H29NO3S/c1-3-4-5-6-7-17-12-16(14-20)13-19(17)23(21,22)18-10-8-15(2)9-11-18/h8-11,16-17,20H,3-7,12-14H2,1-2H3/t16-,17-/m1/s1. The topological polar surface area (TPSA) is 57.6 Å². The molecule has 0 bridgehead atoms. The van der Waals surface area contributed by atoms with Crippen LogP contribution >= 0.6 is 0 Å². The van der Waals surface area contributed by atoms with E-state index in [-0.39, 0.29) is 18.6 Å². The van der Waals surface area contributed by atoms with Gasteiger partial charge in [-0.15, -0.1) is 0 Å². The molecule has 1 saturated heterocycles. The van der Waals surface area contributed by atoms with Gasteiger partial charge in [0.1, 0.15) is 0 Å². The summed E-state index contributed by atoms with van der Waals surface area (Å²) < 4.78 is 27.5. The molecule has 0 unspecified atom stereocenters. The van der Waals surface area contributed by atoms with Gasteiger partial charge in [-0.2, -0.15) is 4.31 Å². The Balaban J connectivity index is 2.13. The Kier molecular flexibility index (Phi) is 6.62. The second kappa shape index (κ2) is 8.27. The van der Waals surface area contributed by atoms with Gasteiger partial charge >= 0.3 is 0 Å². The summed E-state index contributed by atoms with van der Waals surface area (Å²) in [5.41, 5.74) is 1.05. The predicted octanol–water partition coefficient (Wildman–Crippen LogP) is 3.34. The maximum atomic E-state index is 13.0. The van der Waals surface area contributed by atoms with Crippen molar-refractivity contribution in [3.63, 3.8) is 0 Å². The number of sulfonamides is 1. The monoisotopic (exact) mass is 339 g/mol. The van der Waals surface area contributed by atoms with Crippen LogP contribution in [0.15, 0.2) is 29.2 Å². The number of aliphatic hydroxyl groups is 1. The van der Waals surface area contributed by atoms with Crippen LogP contribution < -0.4 is 0 Å². The highest BCUT2D eigenvalue weighted by atomic mass is 32.2. The lowest BCUT2D eigenvalue weighted by Crippen LogP contribution is -2.35. The lowest BCUT2D eigenvalue weighted by molar-refractivity contribution is 0.233. The third-order valence-corrected chi connectivity index (χ3v) is 6.66. The molecule has 130 valence electrons. The fourth-order valence-electron chi connectivity index (χ4n) is 3.32. The summed E-state index contributed by atoms with van der Waals surface area (Å²) >= 11 is 0. The molecular weight excluding hydrogens is 310 g/mol. The first-order chi connectivity index (χ1) is 11.0. The largest absolute Gasteiger partial charge is 0.396 e. The highest BCUT2D eigenvalue weighted by Crippen LogP contribution is 2.32. The summed E-state index contributed by atoms with van der Waals surface area (Å²) in [6.45, 7) is 4.62. The molecule has 4 nitrogen and oxygen atoms in total. The van der Waals surface area contributed by atoms with Gasteiger partial charge in [0.2, 0.25) is 10.0 Å². The third kappa shape index (κ3) is 4.55. The molecule has 1 heterocycles. The van der Waals surface area contributed by atoms with Gasteiger partial charge in [-0.05, 0) is 37.8 Å². The van der Waals surface area contributed by atoms with Crippen molar-refractivity contribution in [3.8, 4) is 0 Å². The van der Waals surface area contributed by atoms with Crippen LogP contribution in [-0.2, 0) is 10.0 Å². The third-order valence-electron chi connectivity index (χ3n) is 4.73. The fraction of sp³-hybridized carbons (Fsp3) is 0.667. The van der Waals surface area contributed by atoms with Crippen LogP contribution in [0.4, 0.5) is 0 Å². The molecule has 0 amide bonds. The summed E-state index contributed by atoms with van der Waals surface area (Å²) in [5, 5.41) is 9.46. The lowest BCUT2D eigenvalue weighted by Gasteiger charge is -2.24. The summed E-state index contributed by atoms with van der Waals surface area (Å²) in [6, 6.07) is 7.07. The molecule has 0 aliphatic carbocycles. The van der Waals surface area contributed by atoms with Gasteiger partial charge in [-0.25, -0.2) is 8.42 Å². The number of rotatable bonds is 8. The Morgan fingerprint density at radius 2 is 1.87 bits per heavy atom. The fourth-order valence-corrected chi connectivity index (χ4v) is 5.06. The number of nitrogens with zero attached hydrogens (tertiary/aromatic N) is 1. The second-order valence-corrected chi connectivity index (χ2v) is 8.57. The normalized spacial score (nSPS) is 22.6. The Bertz CT molecular complexity index is 583. The zero-order chi connectivity index (χ0) is 16.9. The maximum absolute atomic E-state index is 13.0. The average Bonchev–Trinajstić information content (AvgIpc) is 2.96. The molecule has 5 heteroatoms. The van der Waals surface area contributed by atoms with E-state index in [2.05, 4.69) is 6.92 Å². The van der Waals surface area contributed by atoms with Crippen molar-refractivity contribution < 1.29 is 13.5 Å². The molecule has 0 radical (unpaired) electrons. The Hall–Kier alpha value is -0.910. The Morgan fingerprint density at radius 1 is 1.17 bits per heavy atom. The van der Waals surface area contributed by atoms with Crippen LogP contribution in [0.1, 0.15) is 51.0 Å². The van der Waals surface area contributed by atoms with Crippen LogP contribution in [0.3, 0.4) is 0 Å². The zero-order valence-corrected chi connectivity index (χ0v) is 15.1. The van der Waals surface area contributed by atoms with Gasteiger partial charge in [0.15, 0.2) is 0 Å². The van der Waals surface area contributed by atoms with E-state index in [1.807, 2.05) is 19.1 Å². The van der Waals surface area contributed by atoms with E-state index >= 15 is 0 Å². The summed E-state index contributed by atoms with van der Waals surface area (Å²) in [7, 11) is -3.47. The molecule has 23 heavy (non-hydrogen) atoms. The van der Waals surface area contributed by atoms with Gasteiger partial charge in [0, 0.05) is 19.2 Å². The quantitative estimate of drug-likeness (QED) is 0.739. The minimum atomic E-state index is -3.47. The lowest BCUT2D eigenvalue weighted by atomic mass is 10.0. The number of benzene rings is 1. The van der Waals surface area contributed by atoms with Crippen LogP contribution in [0.5, 0.6) is 0 Å². The number of hydrogen-bond donors (Lipinski definition) is 1. The van der Waals surface area contributed by atoms with Crippen LogP contribution in [-0.4, -0.2) is 37.0 Å². The van der Waals surface area contributed by atoms with E-state index < -0.39 is 10.0 Å². The molecule has 2 rings (SSSR count). The average molecular weight is 340 g/mol. The second-order valence-electron chi connectivity index (χ2n) is 6.68. The van der Waals surface area contributed by atoms with Gasteiger partial charge in [-0.1, -0.05) is 50.3 Å². The smallest absolute Gasteiger partial charge is 0.243 e. The number of unbranched alkanes of at least 4 members (excludes halogenated alkanes) is 3. The van der Waals surface area contributed by atoms with Crippen molar-refractivity contribution in [1.29, 1.82) is 0 Å². The van der Waals surface area contributed by atoms with Crippen molar-refractivity contribution in [3.05, 3.63) is 29.8 Å². The van der Waals surface area contributed by atoms with E-state index in [9.17, 15) is 13.5 Å². The molecule has 1 aromatic rings. The van der Waals surface area contributed by atoms with Gasteiger partial charge in [0.05, 0.1) is 4.90 Å². The molecule has 1 aliphatic rings. The van der Waals surface area contributed by atoms with Crippen LogP contribution in [0.25, 0.3) is 0 Å². The van der Waals surface area contributed by atoms with E-state index in [4.69, 9.17) is 0 Å². The molecule has 1 aliphatic heterocycles. The number of hydrogen-bond acceptors (Lipinski definition) is 3. The van der Waals surface area contributed by atoms with Gasteiger partial charge in [-0.3, -0.25) is 0 Å². The van der Waals surface area contributed by atoms with Gasteiger partial charge < -0.3 is 5.11 Å². The molecule has 1 N–H and O–H groups in total. The number of aliphatic hydroxyl groups excluding tert-OH is 1. The predicted molar refractivity (Wildman–Crippen MR) is 92.8 cm³/mol. The van der Waals surface area contributed by atoms with Crippen LogP contribution in [0.2, 0.25) is 0 Å². The summed E-state index contributed by atoms with van der Waals surface area (Å²) in [6.07, 6.45) is 6.23. The zero-order valence-electron chi connectivity index (χ0n) is 14.2. The molecule has 0 saturated carbocycles.